The van der Waals surface area contributed by atoms with E-state index in [2.05, 4.69) is 16.0 Å². The van der Waals surface area contributed by atoms with Gasteiger partial charge < -0.3 is 9.67 Å². The second-order valence-corrected chi connectivity index (χ2v) is 8.57. The van der Waals surface area contributed by atoms with Crippen molar-refractivity contribution in [3.63, 3.8) is 0 Å². The van der Waals surface area contributed by atoms with Gasteiger partial charge in [0.2, 0.25) is 0 Å². The number of hydrogen-bond acceptors (Lipinski definition) is 5. The minimum Gasteiger partial charge on any atom is -0.380 e. The summed E-state index contributed by atoms with van der Waals surface area (Å²) in [7, 11) is 1.79. The Balaban J connectivity index is 1.57. The van der Waals surface area contributed by atoms with Crippen LogP contribution in [0.4, 0.5) is 11.4 Å². The summed E-state index contributed by atoms with van der Waals surface area (Å²) in [5.74, 6) is 0.399. The van der Waals surface area contributed by atoms with Gasteiger partial charge in [-0.2, -0.15) is 5.26 Å². The molecule has 0 saturated carbocycles. The zero-order chi connectivity index (χ0) is 23.8. The first-order valence-corrected chi connectivity index (χ1v) is 11.4. The number of hydrogen-bond donors (Lipinski definition) is 2. The molecular formula is C25H19N5O3S. The van der Waals surface area contributed by atoms with E-state index in [1.54, 1.807) is 78.5 Å². The summed E-state index contributed by atoms with van der Waals surface area (Å²) in [5.41, 5.74) is 4.11. The number of anilines is 2. The average Bonchev–Trinajstić information content (AvgIpc) is 3.19. The number of fused-ring (bicyclic) bond motifs is 2. The fourth-order valence-electron chi connectivity index (χ4n) is 4.02. The number of pyridine rings is 1. The highest BCUT2D eigenvalue weighted by molar-refractivity contribution is 7.81. The fourth-order valence-corrected chi connectivity index (χ4v) is 4.61. The van der Waals surface area contributed by atoms with Gasteiger partial charge in [0, 0.05) is 18.6 Å². The first-order valence-electron chi connectivity index (χ1n) is 10.4. The van der Waals surface area contributed by atoms with Gasteiger partial charge >= 0.3 is 0 Å². The summed E-state index contributed by atoms with van der Waals surface area (Å²) in [6.07, 6.45) is 0.659. The van der Waals surface area contributed by atoms with Crippen LogP contribution in [0.1, 0.15) is 23.1 Å². The van der Waals surface area contributed by atoms with Gasteiger partial charge in [0.25, 0.3) is 11.3 Å². The Hall–Kier alpha value is -4.10. The topological polar surface area (TPSA) is 115 Å². The Morgan fingerprint density at radius 1 is 1.03 bits per heavy atom. The van der Waals surface area contributed by atoms with Gasteiger partial charge in [-0.1, -0.05) is 18.2 Å². The van der Waals surface area contributed by atoms with Crippen molar-refractivity contribution >= 4 is 44.6 Å². The molecule has 5 aromatic rings. The molecule has 0 bridgehead atoms. The lowest BCUT2D eigenvalue weighted by Gasteiger charge is -2.20. The van der Waals surface area contributed by atoms with E-state index in [9.17, 15) is 13.9 Å². The Labute approximate surface area is 197 Å². The van der Waals surface area contributed by atoms with Crippen LogP contribution in [0.25, 0.3) is 21.9 Å². The van der Waals surface area contributed by atoms with Crippen molar-refractivity contribution in [2.45, 2.75) is 6.10 Å². The summed E-state index contributed by atoms with van der Waals surface area (Å²) in [5, 5.41) is 20.9. The van der Waals surface area contributed by atoms with Crippen LogP contribution in [0.3, 0.4) is 0 Å². The molecule has 0 saturated heterocycles. The quantitative estimate of drug-likeness (QED) is 0.370. The monoisotopic (exact) mass is 469 g/mol. The third-order valence-corrected chi connectivity index (χ3v) is 6.42. The van der Waals surface area contributed by atoms with Crippen molar-refractivity contribution in [3.8, 4) is 6.07 Å². The van der Waals surface area contributed by atoms with Crippen LogP contribution in [0.2, 0.25) is 0 Å². The van der Waals surface area contributed by atoms with Crippen LogP contribution in [-0.4, -0.2) is 28.4 Å². The van der Waals surface area contributed by atoms with Gasteiger partial charge in [-0.15, -0.1) is 0 Å². The molecule has 0 aliphatic rings. The van der Waals surface area contributed by atoms with Crippen LogP contribution in [0.5, 0.6) is 0 Å². The maximum Gasteiger partial charge on any atom is 0.266 e. The van der Waals surface area contributed by atoms with E-state index < -0.39 is 17.4 Å². The number of aryl methyl sites for hydroxylation is 1. The van der Waals surface area contributed by atoms with Gasteiger partial charge in [0.1, 0.15) is 11.9 Å². The van der Waals surface area contributed by atoms with E-state index in [1.165, 1.54) is 4.31 Å². The van der Waals surface area contributed by atoms with Crippen LogP contribution in [-0.2, 0) is 18.3 Å². The lowest BCUT2D eigenvalue weighted by Crippen LogP contribution is -2.19. The van der Waals surface area contributed by atoms with Crippen molar-refractivity contribution in [2.75, 3.05) is 4.31 Å². The van der Waals surface area contributed by atoms with E-state index >= 15 is 0 Å². The van der Waals surface area contributed by atoms with Crippen molar-refractivity contribution < 1.29 is 13.9 Å². The van der Waals surface area contributed by atoms with Gasteiger partial charge in [-0.05, 0) is 60.2 Å². The molecule has 0 fully saturated rings. The minimum atomic E-state index is -2.33. The van der Waals surface area contributed by atoms with E-state index in [0.717, 1.165) is 16.4 Å². The molecule has 0 amide bonds. The van der Waals surface area contributed by atoms with E-state index in [1.807, 2.05) is 12.1 Å². The second-order valence-electron chi connectivity index (χ2n) is 7.75. The van der Waals surface area contributed by atoms with Gasteiger partial charge in [-0.3, -0.25) is 9.54 Å². The Bertz CT molecular complexity index is 1610. The number of benzene rings is 3. The second kappa shape index (κ2) is 8.68. The predicted octanol–water partition coefficient (Wildman–Crippen LogP) is 4.35. The summed E-state index contributed by atoms with van der Waals surface area (Å²) < 4.78 is 25.5. The normalized spacial score (nSPS) is 13.0. The maximum absolute atomic E-state index is 12.3. The molecule has 3 aromatic carbocycles. The fraction of sp³-hybridized carbons (Fsp3) is 0.0800. The summed E-state index contributed by atoms with van der Waals surface area (Å²) in [4.78, 5) is 8.90. The van der Waals surface area contributed by atoms with Crippen LogP contribution in [0.15, 0.2) is 79.0 Å². The third-order valence-electron chi connectivity index (χ3n) is 5.69. The molecule has 0 aliphatic heterocycles. The molecule has 2 heterocycles. The van der Waals surface area contributed by atoms with E-state index in [4.69, 9.17) is 5.26 Å². The van der Waals surface area contributed by atoms with Crippen LogP contribution in [0, 0.1) is 11.3 Å². The molecule has 5 rings (SSSR count). The van der Waals surface area contributed by atoms with E-state index in [-0.39, 0.29) is 0 Å². The molecular weight excluding hydrogens is 450 g/mol. The highest BCUT2D eigenvalue weighted by Crippen LogP contribution is 2.33. The van der Waals surface area contributed by atoms with Gasteiger partial charge in [-0.25, -0.2) is 13.5 Å². The molecule has 8 nitrogen and oxygen atoms in total. The lowest BCUT2D eigenvalue weighted by molar-refractivity contribution is 0.207. The molecule has 9 heteroatoms. The molecule has 2 atom stereocenters. The van der Waals surface area contributed by atoms with Crippen molar-refractivity contribution in [2.24, 2.45) is 7.05 Å². The van der Waals surface area contributed by atoms with Gasteiger partial charge in [0.15, 0.2) is 0 Å². The number of nitriles is 1. The van der Waals surface area contributed by atoms with Crippen molar-refractivity contribution in [3.05, 3.63) is 95.9 Å². The average molecular weight is 470 g/mol. The molecule has 2 aromatic heterocycles. The smallest absolute Gasteiger partial charge is 0.266 e. The summed E-state index contributed by atoms with van der Waals surface area (Å²) in [6, 6.07) is 23.1. The molecule has 168 valence electrons. The first kappa shape index (κ1) is 21.7. The molecule has 34 heavy (non-hydrogen) atoms. The molecule has 0 spiro atoms. The predicted molar refractivity (Wildman–Crippen MR) is 131 cm³/mol. The Morgan fingerprint density at radius 3 is 2.62 bits per heavy atom. The maximum atomic E-state index is 12.3. The first-order chi connectivity index (χ1) is 16.5. The van der Waals surface area contributed by atoms with E-state index in [0.29, 0.717) is 33.8 Å². The summed E-state index contributed by atoms with van der Waals surface area (Å²) >= 11 is -2.33. The minimum absolute atomic E-state index is 0.399. The zero-order valence-electron chi connectivity index (χ0n) is 18.0. The number of rotatable bonds is 5. The largest absolute Gasteiger partial charge is 0.380 e. The Morgan fingerprint density at radius 2 is 1.82 bits per heavy atom. The number of nitrogens with zero attached hydrogens (tertiary/aromatic N) is 5. The highest BCUT2D eigenvalue weighted by Gasteiger charge is 2.21. The van der Waals surface area contributed by atoms with Crippen LogP contribution >= 0.6 is 0 Å². The number of imidazole rings is 1. The van der Waals surface area contributed by atoms with Crippen molar-refractivity contribution in [1.82, 2.24) is 14.5 Å². The number of aliphatic hydroxyl groups is 1. The zero-order valence-corrected chi connectivity index (χ0v) is 18.8. The third kappa shape index (κ3) is 3.80. The molecule has 0 radical (unpaired) electrons. The molecule has 0 aliphatic carbocycles. The standard InChI is InChI=1S/C25H19N5O3S/c1-29-23-10-8-20(30(34(32)33)19-7-9-21-17(13-19)6-3-11-27-21)14-22(23)28-25(29)24(31)18-5-2-4-16(12-18)15-26/h2-14,24,31H,1H3,(H,32,33). The lowest BCUT2D eigenvalue weighted by atomic mass is 10.1. The SMILES string of the molecule is Cn1c(C(O)c2cccc(C#N)c2)nc2cc(N(c3ccc4ncccc4c3)S(=O)O)ccc21. The Kier molecular flexibility index (Phi) is 5.55. The summed E-state index contributed by atoms with van der Waals surface area (Å²) in [6.45, 7) is 0. The van der Waals surface area contributed by atoms with Crippen LogP contribution < -0.4 is 4.31 Å². The number of aliphatic hydroxyl groups excluding tert-OH is 1. The van der Waals surface area contributed by atoms with Crippen molar-refractivity contribution in [1.29, 1.82) is 5.26 Å². The molecule has 2 N–H and O–H groups in total. The molecule has 2 unspecified atom stereocenters. The number of aromatic nitrogens is 3. The van der Waals surface area contributed by atoms with Gasteiger partial charge in [0.05, 0.1) is 39.6 Å². The highest BCUT2D eigenvalue weighted by atomic mass is 32.2.